The normalized spacial score (nSPS) is 16.0. The lowest BCUT2D eigenvalue weighted by molar-refractivity contribution is -0.115. The van der Waals surface area contributed by atoms with Gasteiger partial charge in [0.1, 0.15) is 12.4 Å². The van der Waals surface area contributed by atoms with E-state index in [9.17, 15) is 4.79 Å². The van der Waals surface area contributed by atoms with Crippen molar-refractivity contribution in [2.45, 2.75) is 26.2 Å². The third-order valence-corrected chi connectivity index (χ3v) is 5.59. The van der Waals surface area contributed by atoms with Crippen LogP contribution in [-0.2, 0) is 11.2 Å². The predicted octanol–water partition coefficient (Wildman–Crippen LogP) is 4.63. The second kappa shape index (κ2) is 10.4. The van der Waals surface area contributed by atoms with Gasteiger partial charge in [-0.15, -0.1) is 11.3 Å². The number of nitrogens with one attached hydrogen (secondary N) is 1. The van der Waals surface area contributed by atoms with Gasteiger partial charge >= 0.3 is 0 Å². The van der Waals surface area contributed by atoms with Crippen LogP contribution in [0.1, 0.15) is 31.0 Å². The molecule has 0 saturated heterocycles. The molecule has 1 unspecified atom stereocenters. The first kappa shape index (κ1) is 21.3. The number of aromatic nitrogens is 1. The number of nitrogens with zero attached hydrogens (tertiary/aromatic N) is 2. The van der Waals surface area contributed by atoms with Gasteiger partial charge in [0.15, 0.2) is 5.13 Å². The Hall–Kier alpha value is -2.44. The average molecular weight is 412 g/mol. The molecule has 0 aliphatic heterocycles. The Labute approximate surface area is 177 Å². The van der Waals surface area contributed by atoms with E-state index >= 15 is 0 Å². The molecule has 1 heterocycles. The summed E-state index contributed by atoms with van der Waals surface area (Å²) in [6, 6.07) is 7.69. The Balaban J connectivity index is 1.53. The summed E-state index contributed by atoms with van der Waals surface area (Å²) in [7, 11) is 4.02. The zero-order chi connectivity index (χ0) is 20.6. The van der Waals surface area contributed by atoms with E-state index in [4.69, 9.17) is 4.74 Å². The molecular weight excluding hydrogens is 382 g/mol. The van der Waals surface area contributed by atoms with E-state index < -0.39 is 0 Å². The van der Waals surface area contributed by atoms with Gasteiger partial charge in [-0.3, -0.25) is 4.79 Å². The first-order valence-electron chi connectivity index (χ1n) is 10.0. The molecule has 5 nitrogen and oxygen atoms in total. The van der Waals surface area contributed by atoms with Crippen molar-refractivity contribution in [3.05, 3.63) is 59.1 Å². The first-order chi connectivity index (χ1) is 14.0. The molecule has 0 fully saturated rings. The number of ether oxygens (including phenoxy) is 1. The highest BCUT2D eigenvalue weighted by molar-refractivity contribution is 7.14. The van der Waals surface area contributed by atoms with E-state index in [1.165, 1.54) is 11.3 Å². The highest BCUT2D eigenvalue weighted by Crippen LogP contribution is 2.28. The largest absolute Gasteiger partial charge is 0.492 e. The van der Waals surface area contributed by atoms with Gasteiger partial charge in [0.2, 0.25) is 5.91 Å². The van der Waals surface area contributed by atoms with Crippen molar-refractivity contribution in [2.24, 2.45) is 5.92 Å². The molecule has 3 rings (SSSR count). The maximum absolute atomic E-state index is 12.4. The van der Waals surface area contributed by atoms with Crippen molar-refractivity contribution >= 4 is 27.9 Å². The number of allylic oxidation sites excluding steroid dienone is 4. The summed E-state index contributed by atoms with van der Waals surface area (Å²) in [6.45, 7) is 3.67. The van der Waals surface area contributed by atoms with Crippen LogP contribution in [0, 0.1) is 5.92 Å². The van der Waals surface area contributed by atoms with E-state index in [0.717, 1.165) is 42.0 Å². The zero-order valence-electron chi connectivity index (χ0n) is 17.4. The zero-order valence-corrected chi connectivity index (χ0v) is 18.2. The van der Waals surface area contributed by atoms with Gasteiger partial charge in [-0.05, 0) is 56.1 Å². The van der Waals surface area contributed by atoms with Crippen LogP contribution in [0.2, 0.25) is 0 Å². The number of thiazole rings is 1. The van der Waals surface area contributed by atoms with Crippen LogP contribution < -0.4 is 10.1 Å². The Morgan fingerprint density at radius 2 is 2.24 bits per heavy atom. The molecular formula is C23H29N3O2S. The van der Waals surface area contributed by atoms with Gasteiger partial charge in [-0.2, -0.15) is 0 Å². The summed E-state index contributed by atoms with van der Waals surface area (Å²) in [6.07, 6.45) is 9.12. The van der Waals surface area contributed by atoms with Crippen LogP contribution in [0.25, 0.3) is 5.57 Å². The van der Waals surface area contributed by atoms with Crippen molar-refractivity contribution in [3.8, 4) is 5.75 Å². The molecule has 0 spiro atoms. The molecule has 1 aliphatic carbocycles. The van der Waals surface area contributed by atoms with E-state index in [2.05, 4.69) is 40.4 Å². The molecule has 1 N–H and O–H groups in total. The number of amides is 1. The topological polar surface area (TPSA) is 54.5 Å². The lowest BCUT2D eigenvalue weighted by atomic mass is 9.94. The molecule has 0 radical (unpaired) electrons. The average Bonchev–Trinajstić information content (AvgIpc) is 3.16. The highest BCUT2D eigenvalue weighted by atomic mass is 32.1. The van der Waals surface area contributed by atoms with Crippen LogP contribution in [0.15, 0.2) is 47.9 Å². The fraction of sp³-hybridized carbons (Fsp3) is 0.391. The minimum absolute atomic E-state index is 0.0736. The van der Waals surface area contributed by atoms with Gasteiger partial charge in [-0.1, -0.05) is 37.3 Å². The van der Waals surface area contributed by atoms with E-state index in [1.54, 1.807) is 0 Å². The van der Waals surface area contributed by atoms with Crippen LogP contribution in [0.4, 0.5) is 5.13 Å². The number of benzene rings is 1. The van der Waals surface area contributed by atoms with Crippen LogP contribution in [0.5, 0.6) is 5.75 Å². The Morgan fingerprint density at radius 1 is 1.38 bits per heavy atom. The highest BCUT2D eigenvalue weighted by Gasteiger charge is 2.12. The smallest absolute Gasteiger partial charge is 0.230 e. The first-order valence-corrected chi connectivity index (χ1v) is 10.9. The maximum Gasteiger partial charge on any atom is 0.230 e. The monoisotopic (exact) mass is 411 g/mol. The van der Waals surface area contributed by atoms with Crippen molar-refractivity contribution < 1.29 is 9.53 Å². The molecule has 0 bridgehead atoms. The third kappa shape index (κ3) is 6.54. The SMILES string of the molecule is CCC1C=CC(c2csc(NC(=O)Cc3cccc(OCCN(C)C)c3)n2)=CC1. The van der Waals surface area contributed by atoms with Gasteiger partial charge in [0, 0.05) is 11.9 Å². The van der Waals surface area contributed by atoms with Crippen molar-refractivity contribution in [1.29, 1.82) is 0 Å². The molecule has 1 aromatic heterocycles. The molecule has 1 aliphatic rings. The summed E-state index contributed by atoms with van der Waals surface area (Å²) in [4.78, 5) is 19.1. The molecule has 154 valence electrons. The van der Waals surface area contributed by atoms with Gasteiger partial charge in [0.05, 0.1) is 12.1 Å². The molecule has 0 saturated carbocycles. The van der Waals surface area contributed by atoms with Gasteiger partial charge < -0.3 is 15.0 Å². The number of carbonyl (C=O) groups excluding carboxylic acids is 1. The summed E-state index contributed by atoms with van der Waals surface area (Å²) in [5.74, 6) is 1.34. The number of hydrogen-bond donors (Lipinski definition) is 1. The number of carbonyl (C=O) groups is 1. The standard InChI is InChI=1S/C23H29N3O2S/c1-4-17-8-10-19(11-9-17)21-16-29-23(24-21)25-22(27)15-18-6-5-7-20(14-18)28-13-12-26(2)3/h5-8,10-11,14,16-17H,4,9,12-13,15H2,1-3H3,(H,24,25,27). The van der Waals surface area contributed by atoms with E-state index in [-0.39, 0.29) is 5.91 Å². The molecule has 29 heavy (non-hydrogen) atoms. The molecule has 1 aromatic carbocycles. The number of likely N-dealkylation sites (N-methyl/N-ethyl adjacent to an activating group) is 1. The minimum Gasteiger partial charge on any atom is -0.492 e. The van der Waals surface area contributed by atoms with Crippen molar-refractivity contribution in [2.75, 3.05) is 32.6 Å². The number of anilines is 1. The van der Waals surface area contributed by atoms with Crippen molar-refractivity contribution in [3.63, 3.8) is 0 Å². The quantitative estimate of drug-likeness (QED) is 0.653. The molecule has 6 heteroatoms. The lowest BCUT2D eigenvalue weighted by Gasteiger charge is -2.12. The summed E-state index contributed by atoms with van der Waals surface area (Å²) in [5, 5.41) is 5.55. The Morgan fingerprint density at radius 3 is 2.97 bits per heavy atom. The second-order valence-electron chi connectivity index (χ2n) is 7.48. The second-order valence-corrected chi connectivity index (χ2v) is 8.34. The van der Waals surface area contributed by atoms with Crippen LogP contribution in [-0.4, -0.2) is 43.0 Å². The lowest BCUT2D eigenvalue weighted by Crippen LogP contribution is -2.19. The summed E-state index contributed by atoms with van der Waals surface area (Å²) in [5.41, 5.74) is 2.98. The third-order valence-electron chi connectivity index (χ3n) is 4.83. The minimum atomic E-state index is -0.0736. The Kier molecular flexibility index (Phi) is 7.61. The fourth-order valence-electron chi connectivity index (χ4n) is 3.06. The molecule has 1 atom stereocenters. The predicted molar refractivity (Wildman–Crippen MR) is 120 cm³/mol. The number of hydrogen-bond acceptors (Lipinski definition) is 5. The van der Waals surface area contributed by atoms with Crippen LogP contribution in [0.3, 0.4) is 0 Å². The summed E-state index contributed by atoms with van der Waals surface area (Å²) < 4.78 is 5.75. The van der Waals surface area contributed by atoms with Gasteiger partial charge in [0.25, 0.3) is 0 Å². The van der Waals surface area contributed by atoms with E-state index in [0.29, 0.717) is 24.1 Å². The van der Waals surface area contributed by atoms with E-state index in [1.807, 2.05) is 43.7 Å². The Bertz CT molecular complexity index is 886. The summed E-state index contributed by atoms with van der Waals surface area (Å²) >= 11 is 1.46. The molecule has 2 aromatic rings. The fourth-order valence-corrected chi connectivity index (χ4v) is 3.80. The van der Waals surface area contributed by atoms with Crippen LogP contribution >= 0.6 is 11.3 Å². The number of rotatable bonds is 9. The van der Waals surface area contributed by atoms with Crippen molar-refractivity contribution in [1.82, 2.24) is 9.88 Å². The van der Waals surface area contributed by atoms with Gasteiger partial charge in [-0.25, -0.2) is 4.98 Å². The maximum atomic E-state index is 12.4. The molecule has 1 amide bonds.